The molecule has 0 bridgehead atoms. The highest BCUT2D eigenvalue weighted by Gasteiger charge is 2.17. The zero-order valence-corrected chi connectivity index (χ0v) is 19.1. The fraction of sp³-hybridized carbons (Fsp3) is 0.143. The minimum Gasteiger partial charge on any atom is -0.497 e. The first kappa shape index (κ1) is 21.4. The van der Waals surface area contributed by atoms with E-state index >= 15 is 0 Å². The van der Waals surface area contributed by atoms with Crippen LogP contribution in [0.5, 0.6) is 5.75 Å². The van der Waals surface area contributed by atoms with Crippen molar-refractivity contribution in [2.45, 2.75) is 17.8 Å². The maximum atomic E-state index is 11.2. The third kappa shape index (κ3) is 5.07. The number of anilines is 1. The molecule has 0 aliphatic rings. The van der Waals surface area contributed by atoms with E-state index in [0.29, 0.717) is 21.7 Å². The van der Waals surface area contributed by atoms with E-state index in [-0.39, 0.29) is 5.91 Å². The van der Waals surface area contributed by atoms with Gasteiger partial charge in [0.05, 0.1) is 12.8 Å². The molecular weight excluding hydrogens is 454 g/mol. The molecule has 0 radical (unpaired) electrons. The number of aromatic nitrogens is 4. The van der Waals surface area contributed by atoms with Crippen molar-refractivity contribution < 1.29 is 9.53 Å². The lowest BCUT2D eigenvalue weighted by Gasteiger charge is -2.10. The SMILES string of the molecule is COc1ccc(-c2nnc(SCc3csc(NC(C)=O)n3)n2-c2ccc(Cl)cc2)cc1. The number of ether oxygens (including phenoxy) is 1. The number of halogens is 1. The molecule has 0 spiro atoms. The average molecular weight is 472 g/mol. The van der Waals surface area contributed by atoms with E-state index in [9.17, 15) is 4.79 Å². The van der Waals surface area contributed by atoms with Crippen LogP contribution in [0.25, 0.3) is 17.1 Å². The van der Waals surface area contributed by atoms with E-state index in [0.717, 1.165) is 27.9 Å². The number of methoxy groups -OCH3 is 1. The number of amides is 1. The smallest absolute Gasteiger partial charge is 0.223 e. The van der Waals surface area contributed by atoms with Crippen molar-refractivity contribution >= 4 is 45.7 Å². The lowest BCUT2D eigenvalue weighted by Crippen LogP contribution is -2.05. The van der Waals surface area contributed by atoms with Crippen LogP contribution in [0.1, 0.15) is 12.6 Å². The second-order valence-electron chi connectivity index (χ2n) is 6.46. The number of carbonyl (C=O) groups excluding carboxylic acids is 1. The van der Waals surface area contributed by atoms with Gasteiger partial charge < -0.3 is 10.1 Å². The molecule has 0 saturated carbocycles. The van der Waals surface area contributed by atoms with E-state index < -0.39 is 0 Å². The molecule has 1 N–H and O–H groups in total. The van der Waals surface area contributed by atoms with Gasteiger partial charge in [-0.1, -0.05) is 23.4 Å². The molecule has 0 aliphatic heterocycles. The van der Waals surface area contributed by atoms with Crippen LogP contribution in [0, 0.1) is 0 Å². The Hall–Kier alpha value is -2.88. The predicted molar refractivity (Wildman–Crippen MR) is 124 cm³/mol. The van der Waals surface area contributed by atoms with Crippen LogP contribution in [0.15, 0.2) is 59.1 Å². The van der Waals surface area contributed by atoms with Crippen LogP contribution < -0.4 is 10.1 Å². The van der Waals surface area contributed by atoms with Gasteiger partial charge in [-0.05, 0) is 48.5 Å². The summed E-state index contributed by atoms with van der Waals surface area (Å²) >= 11 is 9.00. The zero-order chi connectivity index (χ0) is 21.8. The molecule has 0 saturated heterocycles. The van der Waals surface area contributed by atoms with Crippen molar-refractivity contribution in [3.63, 3.8) is 0 Å². The molecule has 0 aliphatic carbocycles. The molecule has 0 atom stereocenters. The van der Waals surface area contributed by atoms with Crippen LogP contribution >= 0.6 is 34.7 Å². The highest BCUT2D eigenvalue weighted by atomic mass is 35.5. The van der Waals surface area contributed by atoms with E-state index in [1.54, 1.807) is 7.11 Å². The summed E-state index contributed by atoms with van der Waals surface area (Å²) in [7, 11) is 1.63. The Balaban J connectivity index is 1.65. The summed E-state index contributed by atoms with van der Waals surface area (Å²) in [5, 5.41) is 15.5. The number of hydrogen-bond acceptors (Lipinski definition) is 7. The summed E-state index contributed by atoms with van der Waals surface area (Å²) in [6.45, 7) is 1.46. The average Bonchev–Trinajstić information content (AvgIpc) is 3.39. The number of thiazole rings is 1. The van der Waals surface area contributed by atoms with Gasteiger partial charge in [-0.3, -0.25) is 9.36 Å². The van der Waals surface area contributed by atoms with E-state index in [4.69, 9.17) is 16.3 Å². The van der Waals surface area contributed by atoms with Crippen molar-refractivity contribution in [1.82, 2.24) is 19.7 Å². The summed E-state index contributed by atoms with van der Waals surface area (Å²) in [4.78, 5) is 15.7. The van der Waals surface area contributed by atoms with Crippen LogP contribution in [-0.2, 0) is 10.5 Å². The topological polar surface area (TPSA) is 81.9 Å². The van der Waals surface area contributed by atoms with Gasteiger partial charge in [-0.25, -0.2) is 4.98 Å². The molecule has 10 heteroatoms. The molecule has 7 nitrogen and oxygen atoms in total. The Morgan fingerprint density at radius 3 is 2.58 bits per heavy atom. The van der Waals surface area contributed by atoms with Crippen molar-refractivity contribution in [3.8, 4) is 22.8 Å². The number of hydrogen-bond donors (Lipinski definition) is 1. The van der Waals surface area contributed by atoms with Gasteiger partial charge in [0.2, 0.25) is 5.91 Å². The number of nitrogens with zero attached hydrogens (tertiary/aromatic N) is 4. The number of rotatable bonds is 7. The largest absolute Gasteiger partial charge is 0.497 e. The number of nitrogens with one attached hydrogen (secondary N) is 1. The number of carbonyl (C=O) groups is 1. The summed E-state index contributed by atoms with van der Waals surface area (Å²) in [6, 6.07) is 15.2. The van der Waals surface area contributed by atoms with Gasteiger partial charge in [-0.15, -0.1) is 21.5 Å². The van der Waals surface area contributed by atoms with Crippen molar-refractivity contribution in [1.29, 1.82) is 0 Å². The molecule has 2 aromatic heterocycles. The fourth-order valence-corrected chi connectivity index (χ4v) is 4.67. The summed E-state index contributed by atoms with van der Waals surface area (Å²) in [5.41, 5.74) is 2.67. The van der Waals surface area contributed by atoms with E-state index in [1.165, 1.54) is 30.0 Å². The first-order valence-corrected chi connectivity index (χ1v) is 11.5. The van der Waals surface area contributed by atoms with Gasteiger partial charge in [0.25, 0.3) is 0 Å². The molecule has 2 heterocycles. The quantitative estimate of drug-likeness (QED) is 0.368. The standard InChI is InChI=1S/C21H18ClN5O2S2/c1-13(28)23-20-24-16(11-30-20)12-31-21-26-25-19(14-3-9-18(29-2)10-4-14)27(21)17-7-5-15(22)6-8-17/h3-11H,12H2,1-2H3,(H,23,24,28). The predicted octanol–water partition coefficient (Wildman–Crippen LogP) is 5.30. The molecule has 0 fully saturated rings. The van der Waals surface area contributed by atoms with Gasteiger partial charge in [0.1, 0.15) is 5.75 Å². The highest BCUT2D eigenvalue weighted by Crippen LogP contribution is 2.31. The summed E-state index contributed by atoms with van der Waals surface area (Å²) < 4.78 is 7.25. The third-order valence-corrected chi connectivity index (χ3v) is 6.27. The third-order valence-electron chi connectivity index (χ3n) is 4.25. The molecule has 1 amide bonds. The van der Waals surface area contributed by atoms with Crippen LogP contribution in [0.3, 0.4) is 0 Å². The summed E-state index contributed by atoms with van der Waals surface area (Å²) in [5.74, 6) is 1.93. The van der Waals surface area contributed by atoms with Crippen LogP contribution in [-0.4, -0.2) is 32.8 Å². The normalized spacial score (nSPS) is 10.8. The Labute approximate surface area is 192 Å². The Kier molecular flexibility index (Phi) is 6.55. The molecule has 31 heavy (non-hydrogen) atoms. The maximum Gasteiger partial charge on any atom is 0.223 e. The lowest BCUT2D eigenvalue weighted by atomic mass is 10.2. The van der Waals surface area contributed by atoms with Crippen molar-refractivity contribution in [2.24, 2.45) is 0 Å². The van der Waals surface area contributed by atoms with Crippen molar-refractivity contribution in [2.75, 3.05) is 12.4 Å². The second-order valence-corrected chi connectivity index (χ2v) is 8.70. The van der Waals surface area contributed by atoms with Crippen molar-refractivity contribution in [3.05, 3.63) is 64.6 Å². The number of benzene rings is 2. The Bertz CT molecular complexity index is 1190. The first-order chi connectivity index (χ1) is 15.0. The van der Waals surface area contributed by atoms with E-state index in [2.05, 4.69) is 20.5 Å². The van der Waals surface area contributed by atoms with Gasteiger partial charge in [0.15, 0.2) is 16.1 Å². The Morgan fingerprint density at radius 1 is 1.16 bits per heavy atom. The minimum absolute atomic E-state index is 0.139. The number of thioether (sulfide) groups is 1. The molecule has 0 unspecified atom stereocenters. The Morgan fingerprint density at radius 2 is 1.90 bits per heavy atom. The minimum atomic E-state index is -0.139. The zero-order valence-electron chi connectivity index (χ0n) is 16.7. The van der Waals surface area contributed by atoms with Crippen LogP contribution in [0.2, 0.25) is 5.02 Å². The molecular formula is C21H18ClN5O2S2. The molecule has 4 aromatic rings. The first-order valence-electron chi connectivity index (χ1n) is 9.24. The van der Waals surface area contributed by atoms with Gasteiger partial charge in [0, 0.05) is 34.3 Å². The highest BCUT2D eigenvalue weighted by molar-refractivity contribution is 7.98. The maximum absolute atomic E-state index is 11.2. The van der Waals surface area contributed by atoms with Gasteiger partial charge in [-0.2, -0.15) is 0 Å². The van der Waals surface area contributed by atoms with E-state index in [1.807, 2.05) is 58.5 Å². The second kappa shape index (κ2) is 9.51. The molecule has 4 rings (SSSR count). The molecule has 158 valence electrons. The molecule has 2 aromatic carbocycles. The lowest BCUT2D eigenvalue weighted by molar-refractivity contribution is -0.114. The summed E-state index contributed by atoms with van der Waals surface area (Å²) in [6.07, 6.45) is 0. The van der Waals surface area contributed by atoms with Gasteiger partial charge >= 0.3 is 0 Å². The fourth-order valence-electron chi connectivity index (χ4n) is 2.83. The monoisotopic (exact) mass is 471 g/mol. The van der Waals surface area contributed by atoms with Crippen LogP contribution in [0.4, 0.5) is 5.13 Å².